The van der Waals surface area contributed by atoms with Gasteiger partial charge in [-0.2, -0.15) is 4.98 Å². The van der Waals surface area contributed by atoms with Gasteiger partial charge in [-0.25, -0.2) is 23.1 Å². The summed E-state index contributed by atoms with van der Waals surface area (Å²) in [5.41, 5.74) is 0.355. The van der Waals surface area contributed by atoms with Crippen LogP contribution in [-0.2, 0) is 9.53 Å². The van der Waals surface area contributed by atoms with Crippen LogP contribution < -0.4 is 10.6 Å². The molecule has 34 heavy (non-hydrogen) atoms. The highest BCUT2D eigenvalue weighted by Gasteiger charge is 2.28. The molecule has 0 bridgehead atoms. The Morgan fingerprint density at radius 2 is 1.82 bits per heavy atom. The second kappa shape index (κ2) is 9.09. The predicted octanol–water partition coefficient (Wildman–Crippen LogP) is 4.00. The summed E-state index contributed by atoms with van der Waals surface area (Å²) in [4.78, 5) is 24.5. The van der Waals surface area contributed by atoms with E-state index in [9.17, 15) is 23.1 Å². The largest absolute Gasteiger partial charge is 0.481 e. The molecule has 3 N–H and O–H groups in total. The maximum atomic E-state index is 14.3. The van der Waals surface area contributed by atoms with Gasteiger partial charge in [0.25, 0.3) is 0 Å². The number of imidazole rings is 1. The lowest BCUT2D eigenvalue weighted by Crippen LogP contribution is -2.29. The molecule has 9 nitrogen and oxygen atoms in total. The highest BCUT2D eigenvalue weighted by Crippen LogP contribution is 2.32. The average Bonchev–Trinajstić information content (AvgIpc) is 3.43. The Hall–Kier alpha value is -3.41. The third-order valence-electron chi connectivity index (χ3n) is 6.36. The molecule has 0 unspecified atom stereocenters. The highest BCUT2D eigenvalue weighted by molar-refractivity contribution is 5.77. The Balaban J connectivity index is 1.46. The van der Waals surface area contributed by atoms with Crippen LogP contribution in [0.25, 0.3) is 11.2 Å². The number of benzene rings is 1. The normalized spacial score (nSPS) is 22.7. The number of anilines is 3. The highest BCUT2D eigenvalue weighted by atomic mass is 19.1. The Labute approximate surface area is 192 Å². The zero-order valence-electron chi connectivity index (χ0n) is 18.1. The first-order chi connectivity index (χ1) is 16.4. The molecule has 0 spiro atoms. The van der Waals surface area contributed by atoms with E-state index >= 15 is 0 Å². The fourth-order valence-corrected chi connectivity index (χ4v) is 4.56. The molecule has 0 radical (unpaired) electrons. The minimum Gasteiger partial charge on any atom is -0.481 e. The van der Waals surface area contributed by atoms with Gasteiger partial charge in [0.1, 0.15) is 17.0 Å². The molecule has 2 aliphatic rings. The number of aromatic nitrogens is 4. The van der Waals surface area contributed by atoms with Crippen LogP contribution in [0.1, 0.15) is 38.1 Å². The van der Waals surface area contributed by atoms with Crippen molar-refractivity contribution >= 4 is 34.7 Å². The molecule has 3 aromatic rings. The van der Waals surface area contributed by atoms with Crippen molar-refractivity contribution in [3.05, 3.63) is 35.8 Å². The molecule has 2 fully saturated rings. The number of nitrogens with zero attached hydrogens (tertiary/aromatic N) is 4. The summed E-state index contributed by atoms with van der Waals surface area (Å²) in [5, 5.41) is 15.1. The Bertz CT molecular complexity index is 1200. The van der Waals surface area contributed by atoms with E-state index in [1.54, 1.807) is 4.57 Å². The van der Waals surface area contributed by atoms with Crippen molar-refractivity contribution in [3.8, 4) is 0 Å². The Morgan fingerprint density at radius 3 is 2.47 bits per heavy atom. The van der Waals surface area contributed by atoms with Crippen LogP contribution in [0.2, 0.25) is 0 Å². The van der Waals surface area contributed by atoms with E-state index in [2.05, 4.69) is 25.6 Å². The van der Waals surface area contributed by atoms with E-state index in [1.165, 1.54) is 6.20 Å². The molecule has 1 aliphatic heterocycles. The summed E-state index contributed by atoms with van der Waals surface area (Å²) in [6.07, 6.45) is 4.70. The van der Waals surface area contributed by atoms with E-state index < -0.39 is 29.1 Å². The third-order valence-corrected chi connectivity index (χ3v) is 6.36. The first-order valence-electron chi connectivity index (χ1n) is 11.1. The third kappa shape index (κ3) is 4.37. The number of carboxylic acid groups (broad SMARTS) is 1. The number of halogens is 3. The summed E-state index contributed by atoms with van der Waals surface area (Å²) in [5.74, 6) is -3.77. The van der Waals surface area contributed by atoms with Gasteiger partial charge in [-0.3, -0.25) is 9.36 Å². The lowest BCUT2D eigenvalue weighted by atomic mass is 9.86. The van der Waals surface area contributed by atoms with Crippen LogP contribution in [0.15, 0.2) is 18.3 Å². The molecule has 5 rings (SSSR count). The molecule has 1 saturated heterocycles. The van der Waals surface area contributed by atoms with Crippen LogP contribution in [0.3, 0.4) is 0 Å². The van der Waals surface area contributed by atoms with Crippen molar-refractivity contribution in [2.45, 2.75) is 44.2 Å². The molecule has 180 valence electrons. The molecular weight excluding hydrogens is 453 g/mol. The molecular formula is C22H23F3N6O3. The zero-order chi connectivity index (χ0) is 23.8. The minimum absolute atomic E-state index is 0.0410. The first-order valence-corrected chi connectivity index (χ1v) is 11.1. The van der Waals surface area contributed by atoms with Crippen LogP contribution in [-0.4, -0.2) is 49.9 Å². The molecule has 0 amide bonds. The van der Waals surface area contributed by atoms with E-state index in [-0.39, 0.29) is 23.9 Å². The van der Waals surface area contributed by atoms with Gasteiger partial charge in [-0.1, -0.05) is 0 Å². The number of aliphatic carboxylic acids is 1. The monoisotopic (exact) mass is 476 g/mol. The van der Waals surface area contributed by atoms with Gasteiger partial charge in [0.05, 0.1) is 24.8 Å². The van der Waals surface area contributed by atoms with Gasteiger partial charge in [0.15, 0.2) is 17.3 Å². The first kappa shape index (κ1) is 22.4. The maximum Gasteiger partial charge on any atom is 0.306 e. The summed E-state index contributed by atoms with van der Waals surface area (Å²) in [6, 6.07) is 1.06. The number of carboxylic acids is 1. The van der Waals surface area contributed by atoms with Gasteiger partial charge in [-0.15, -0.1) is 0 Å². The second-order valence-corrected chi connectivity index (χ2v) is 8.63. The van der Waals surface area contributed by atoms with Crippen molar-refractivity contribution in [1.29, 1.82) is 0 Å². The summed E-state index contributed by atoms with van der Waals surface area (Å²) in [7, 11) is 0. The van der Waals surface area contributed by atoms with E-state index in [1.807, 2.05) is 0 Å². The van der Waals surface area contributed by atoms with Gasteiger partial charge >= 0.3 is 5.97 Å². The van der Waals surface area contributed by atoms with Crippen molar-refractivity contribution in [3.63, 3.8) is 0 Å². The fraction of sp³-hybridized carbons (Fsp3) is 0.455. The SMILES string of the molecule is O=C(O)C1CCC(Nc2ncc3nc(Nc4c(F)cc(F)cc4F)n([C@H]4CCOC4)c3n2)CC1. The molecule has 1 aromatic carbocycles. The Kier molecular flexibility index (Phi) is 5.98. The van der Waals surface area contributed by atoms with Crippen LogP contribution in [0.4, 0.5) is 30.8 Å². The van der Waals surface area contributed by atoms with Crippen LogP contribution in [0, 0.1) is 23.4 Å². The number of nitrogens with one attached hydrogen (secondary N) is 2. The molecule has 1 aliphatic carbocycles. The Morgan fingerprint density at radius 1 is 1.09 bits per heavy atom. The molecule has 1 atom stereocenters. The number of ether oxygens (including phenoxy) is 1. The lowest BCUT2D eigenvalue weighted by Gasteiger charge is -2.26. The molecule has 12 heteroatoms. The summed E-state index contributed by atoms with van der Waals surface area (Å²) >= 11 is 0. The zero-order valence-corrected chi connectivity index (χ0v) is 18.1. The van der Waals surface area contributed by atoms with Crippen LogP contribution >= 0.6 is 0 Å². The van der Waals surface area contributed by atoms with E-state index in [0.29, 0.717) is 74.6 Å². The van der Waals surface area contributed by atoms with Gasteiger partial charge in [-0.05, 0) is 32.1 Å². The van der Waals surface area contributed by atoms with E-state index in [4.69, 9.17) is 4.74 Å². The van der Waals surface area contributed by atoms with Gasteiger partial charge in [0, 0.05) is 24.8 Å². The fourth-order valence-electron chi connectivity index (χ4n) is 4.56. The number of carbonyl (C=O) groups is 1. The second-order valence-electron chi connectivity index (χ2n) is 8.63. The number of hydrogen-bond donors (Lipinski definition) is 3. The van der Waals surface area contributed by atoms with Crippen molar-refractivity contribution in [2.24, 2.45) is 5.92 Å². The molecule has 3 heterocycles. The van der Waals surface area contributed by atoms with Gasteiger partial charge < -0.3 is 20.5 Å². The number of rotatable bonds is 6. The predicted molar refractivity (Wildman–Crippen MR) is 116 cm³/mol. The van der Waals surface area contributed by atoms with Crippen LogP contribution in [0.5, 0.6) is 0 Å². The number of fused-ring (bicyclic) bond motifs is 1. The molecule has 2 aromatic heterocycles. The minimum atomic E-state index is -1.08. The maximum absolute atomic E-state index is 14.3. The van der Waals surface area contributed by atoms with Crippen molar-refractivity contribution in [1.82, 2.24) is 19.5 Å². The summed E-state index contributed by atoms with van der Waals surface area (Å²) < 4.78 is 49.1. The smallest absolute Gasteiger partial charge is 0.306 e. The summed E-state index contributed by atoms with van der Waals surface area (Å²) in [6.45, 7) is 0.895. The number of hydrogen-bond acceptors (Lipinski definition) is 7. The molecule has 1 saturated carbocycles. The van der Waals surface area contributed by atoms with Gasteiger partial charge in [0.2, 0.25) is 11.9 Å². The van der Waals surface area contributed by atoms with E-state index in [0.717, 1.165) is 0 Å². The quantitative estimate of drug-likeness (QED) is 0.489. The topological polar surface area (TPSA) is 114 Å². The van der Waals surface area contributed by atoms with Crippen molar-refractivity contribution < 1.29 is 27.8 Å². The lowest BCUT2D eigenvalue weighted by molar-refractivity contribution is -0.142. The average molecular weight is 476 g/mol. The van der Waals surface area contributed by atoms with Crippen molar-refractivity contribution in [2.75, 3.05) is 23.8 Å². The standard InChI is InChI=1S/C22H23F3N6O3/c23-12-7-15(24)18(16(25)8-12)29-22-28-17-9-26-21(27-13-3-1-11(2-4-13)20(32)33)30-19(17)31(22)14-5-6-34-10-14/h7-9,11,13-14H,1-6,10H2,(H,28,29)(H,32,33)(H,26,27,30)/t11?,13?,14-/m0/s1.